The molecule has 0 aliphatic carbocycles. The topological polar surface area (TPSA) is 47.3 Å². The molecule has 0 aliphatic heterocycles. The Morgan fingerprint density at radius 1 is 1.38 bits per heavy atom. The van der Waals surface area contributed by atoms with Crippen molar-refractivity contribution in [1.82, 2.24) is 4.90 Å². The minimum Gasteiger partial charge on any atom is -0.395 e. The first-order chi connectivity index (χ1) is 7.76. The molecule has 84 valence electrons. The first kappa shape index (κ1) is 12.4. The number of hydrogen-bond acceptors (Lipinski definition) is 3. The number of hydrogen-bond donors (Lipinski definition) is 1. The molecular weight excluding hydrogens is 200 g/mol. The Labute approximate surface area is 96.2 Å². The Kier molecular flexibility index (Phi) is 5.27. The van der Waals surface area contributed by atoms with Crippen LogP contribution in [0.4, 0.5) is 0 Å². The zero-order valence-corrected chi connectivity index (χ0v) is 9.43. The summed E-state index contributed by atoms with van der Waals surface area (Å²) in [4.78, 5) is 2.03. The first-order valence-electron chi connectivity index (χ1n) is 5.22. The summed E-state index contributed by atoms with van der Waals surface area (Å²) in [7, 11) is 1.96. The quantitative estimate of drug-likeness (QED) is 0.811. The van der Waals surface area contributed by atoms with Crippen molar-refractivity contribution >= 4 is 6.08 Å². The number of likely N-dealkylation sites (N-methyl/N-ethyl adjacent to an activating group) is 1. The Bertz CT molecular complexity index is 376. The number of nitrogens with zero attached hydrogens (tertiary/aromatic N) is 2. The molecule has 0 atom stereocenters. The fourth-order valence-electron chi connectivity index (χ4n) is 1.30. The Hall–Kier alpha value is -1.63. The van der Waals surface area contributed by atoms with Gasteiger partial charge in [-0.2, -0.15) is 5.26 Å². The average Bonchev–Trinajstić information content (AvgIpc) is 2.30. The number of rotatable bonds is 5. The van der Waals surface area contributed by atoms with Crippen LogP contribution < -0.4 is 0 Å². The largest absolute Gasteiger partial charge is 0.395 e. The summed E-state index contributed by atoms with van der Waals surface area (Å²) in [5.74, 6) is 0. The summed E-state index contributed by atoms with van der Waals surface area (Å²) in [5.41, 5.74) is 1.76. The molecule has 0 fully saturated rings. The molecule has 0 aliphatic rings. The molecule has 1 aromatic rings. The molecule has 3 heteroatoms. The van der Waals surface area contributed by atoms with Crippen molar-refractivity contribution in [3.63, 3.8) is 0 Å². The molecule has 1 aromatic carbocycles. The summed E-state index contributed by atoms with van der Waals surface area (Å²) in [6, 6.07) is 9.53. The molecule has 0 bridgehead atoms. The van der Waals surface area contributed by atoms with Gasteiger partial charge in [0.15, 0.2) is 0 Å². The molecule has 0 aromatic heterocycles. The van der Waals surface area contributed by atoms with Crippen molar-refractivity contribution in [2.24, 2.45) is 0 Å². The van der Waals surface area contributed by atoms with Gasteiger partial charge in [0.05, 0.1) is 18.2 Å². The van der Waals surface area contributed by atoms with E-state index in [1.807, 2.05) is 36.2 Å². The number of benzene rings is 1. The fourth-order valence-corrected chi connectivity index (χ4v) is 1.30. The van der Waals surface area contributed by atoms with Gasteiger partial charge in [0.2, 0.25) is 0 Å². The third kappa shape index (κ3) is 4.26. The maximum Gasteiger partial charge on any atom is 0.0991 e. The van der Waals surface area contributed by atoms with Gasteiger partial charge in [0.25, 0.3) is 0 Å². The molecule has 3 nitrogen and oxygen atoms in total. The molecule has 1 rings (SSSR count). The minimum absolute atomic E-state index is 0.182. The van der Waals surface area contributed by atoms with Crippen LogP contribution in [0.25, 0.3) is 6.08 Å². The molecule has 0 saturated heterocycles. The number of nitriles is 1. The van der Waals surface area contributed by atoms with Crippen molar-refractivity contribution in [2.75, 3.05) is 26.7 Å². The van der Waals surface area contributed by atoms with E-state index in [0.717, 1.165) is 12.1 Å². The average molecular weight is 216 g/mol. The van der Waals surface area contributed by atoms with E-state index in [1.54, 1.807) is 12.1 Å². The van der Waals surface area contributed by atoms with Crippen molar-refractivity contribution in [3.8, 4) is 6.07 Å². The monoisotopic (exact) mass is 216 g/mol. The Balaban J connectivity index is 2.47. The van der Waals surface area contributed by atoms with Gasteiger partial charge >= 0.3 is 0 Å². The predicted molar refractivity (Wildman–Crippen MR) is 64.8 cm³/mol. The molecule has 0 spiro atoms. The highest BCUT2D eigenvalue weighted by molar-refractivity contribution is 5.51. The zero-order valence-electron chi connectivity index (χ0n) is 9.43. The second-order valence-electron chi connectivity index (χ2n) is 3.62. The summed E-state index contributed by atoms with van der Waals surface area (Å²) in [6.45, 7) is 1.67. The van der Waals surface area contributed by atoms with E-state index in [9.17, 15) is 0 Å². The molecule has 1 N–H and O–H groups in total. The lowest BCUT2D eigenvalue weighted by atomic mass is 10.1. The molecule has 0 radical (unpaired) electrons. The lowest BCUT2D eigenvalue weighted by molar-refractivity contribution is 0.232. The van der Waals surface area contributed by atoms with Gasteiger partial charge in [0.1, 0.15) is 0 Å². The second kappa shape index (κ2) is 6.78. The molecule has 0 amide bonds. The van der Waals surface area contributed by atoms with Crippen LogP contribution in [-0.2, 0) is 0 Å². The third-order valence-corrected chi connectivity index (χ3v) is 2.25. The Morgan fingerprint density at radius 3 is 2.62 bits per heavy atom. The van der Waals surface area contributed by atoms with Gasteiger partial charge in [-0.3, -0.25) is 0 Å². The van der Waals surface area contributed by atoms with E-state index in [0.29, 0.717) is 12.1 Å². The first-order valence-corrected chi connectivity index (χ1v) is 5.22. The van der Waals surface area contributed by atoms with Crippen molar-refractivity contribution in [3.05, 3.63) is 41.5 Å². The molecular formula is C13H16N2O. The van der Waals surface area contributed by atoms with Gasteiger partial charge < -0.3 is 10.0 Å². The lowest BCUT2D eigenvalue weighted by Crippen LogP contribution is -2.21. The molecule has 16 heavy (non-hydrogen) atoms. The fraction of sp³-hybridized carbons (Fsp3) is 0.308. The summed E-state index contributed by atoms with van der Waals surface area (Å²) in [6.07, 6.45) is 4.05. The molecule has 0 heterocycles. The highest BCUT2D eigenvalue weighted by Crippen LogP contribution is 2.05. The smallest absolute Gasteiger partial charge is 0.0991 e. The van der Waals surface area contributed by atoms with Crippen molar-refractivity contribution in [1.29, 1.82) is 5.26 Å². The van der Waals surface area contributed by atoms with Crippen LogP contribution >= 0.6 is 0 Å². The summed E-state index contributed by atoms with van der Waals surface area (Å²) >= 11 is 0. The van der Waals surface area contributed by atoms with E-state index >= 15 is 0 Å². The normalized spacial score (nSPS) is 10.9. The van der Waals surface area contributed by atoms with Crippen LogP contribution in [0.1, 0.15) is 11.1 Å². The summed E-state index contributed by atoms with van der Waals surface area (Å²) < 4.78 is 0. The van der Waals surface area contributed by atoms with Crippen LogP contribution in [0.2, 0.25) is 0 Å². The van der Waals surface area contributed by atoms with Crippen molar-refractivity contribution in [2.45, 2.75) is 0 Å². The third-order valence-electron chi connectivity index (χ3n) is 2.25. The van der Waals surface area contributed by atoms with Gasteiger partial charge in [-0.05, 0) is 24.7 Å². The van der Waals surface area contributed by atoms with Crippen LogP contribution in [0.5, 0.6) is 0 Å². The standard InChI is InChI=1S/C13H16N2O/c1-15(9-10-16)8-2-3-12-4-6-13(11-14)7-5-12/h2-7,16H,8-10H2,1H3/b3-2+. The number of aliphatic hydroxyl groups excluding tert-OH is 1. The molecule has 0 unspecified atom stereocenters. The van der Waals surface area contributed by atoms with E-state index in [4.69, 9.17) is 10.4 Å². The minimum atomic E-state index is 0.182. The SMILES string of the molecule is CN(C/C=C/c1ccc(C#N)cc1)CCO. The highest BCUT2D eigenvalue weighted by atomic mass is 16.3. The van der Waals surface area contributed by atoms with Gasteiger partial charge in [-0.15, -0.1) is 0 Å². The van der Waals surface area contributed by atoms with Crippen LogP contribution in [0.3, 0.4) is 0 Å². The second-order valence-corrected chi connectivity index (χ2v) is 3.62. The van der Waals surface area contributed by atoms with E-state index in [2.05, 4.69) is 6.07 Å². The van der Waals surface area contributed by atoms with Crippen molar-refractivity contribution < 1.29 is 5.11 Å². The van der Waals surface area contributed by atoms with Gasteiger partial charge in [-0.25, -0.2) is 0 Å². The van der Waals surface area contributed by atoms with Gasteiger partial charge in [0, 0.05) is 13.1 Å². The van der Waals surface area contributed by atoms with E-state index < -0.39 is 0 Å². The van der Waals surface area contributed by atoms with Crippen LogP contribution in [-0.4, -0.2) is 36.8 Å². The lowest BCUT2D eigenvalue weighted by Gasteiger charge is -2.11. The molecule has 0 saturated carbocycles. The number of aliphatic hydroxyl groups is 1. The predicted octanol–water partition coefficient (Wildman–Crippen LogP) is 1.50. The highest BCUT2D eigenvalue weighted by Gasteiger charge is 1.93. The van der Waals surface area contributed by atoms with E-state index in [1.165, 1.54) is 0 Å². The maximum atomic E-state index is 8.71. The van der Waals surface area contributed by atoms with Crippen LogP contribution in [0, 0.1) is 11.3 Å². The Morgan fingerprint density at radius 2 is 2.06 bits per heavy atom. The summed E-state index contributed by atoms with van der Waals surface area (Å²) in [5, 5.41) is 17.4. The zero-order chi connectivity index (χ0) is 11.8. The van der Waals surface area contributed by atoms with E-state index in [-0.39, 0.29) is 6.61 Å². The maximum absolute atomic E-state index is 8.71. The van der Waals surface area contributed by atoms with Crippen LogP contribution in [0.15, 0.2) is 30.3 Å². The van der Waals surface area contributed by atoms with Gasteiger partial charge in [-0.1, -0.05) is 24.3 Å².